The molecular weight excluding hydrogens is 252 g/mol. The fourth-order valence-electron chi connectivity index (χ4n) is 2.50. The highest BCUT2D eigenvalue weighted by Crippen LogP contribution is 2.28. The molecule has 5 nitrogen and oxygen atoms in total. The van der Waals surface area contributed by atoms with Crippen LogP contribution in [0, 0.1) is 6.92 Å². The number of nitrogens with two attached hydrogens (primary N) is 1. The van der Waals surface area contributed by atoms with Crippen molar-refractivity contribution in [3.8, 4) is 0 Å². The molecule has 1 fully saturated rings. The van der Waals surface area contributed by atoms with E-state index in [9.17, 15) is 0 Å². The number of nitrogens with zero attached hydrogens (tertiary/aromatic N) is 2. The van der Waals surface area contributed by atoms with Gasteiger partial charge in [-0.3, -0.25) is 0 Å². The zero-order valence-electron chi connectivity index (χ0n) is 13.2. The standard InChI is InChI=1S/C15H26N4O/c1-9(2)13-18-12(16)10(3)14(19-13)17-11-6-7-20-15(4,5)8-11/h9,11H,6-8H2,1-5H3,(H3,16,17,18,19). The number of nitrogen functional groups attached to an aromatic ring is 1. The Labute approximate surface area is 121 Å². The summed E-state index contributed by atoms with van der Waals surface area (Å²) in [4.78, 5) is 8.99. The first-order valence-electron chi connectivity index (χ1n) is 7.33. The number of nitrogens with one attached hydrogen (secondary N) is 1. The van der Waals surface area contributed by atoms with Crippen molar-refractivity contribution >= 4 is 11.6 Å². The van der Waals surface area contributed by atoms with Crippen molar-refractivity contribution in [2.45, 2.75) is 65.0 Å². The molecule has 0 saturated carbocycles. The van der Waals surface area contributed by atoms with E-state index < -0.39 is 0 Å². The summed E-state index contributed by atoms with van der Waals surface area (Å²) in [6, 6.07) is 0.367. The summed E-state index contributed by atoms with van der Waals surface area (Å²) in [6.45, 7) is 11.1. The smallest absolute Gasteiger partial charge is 0.135 e. The fraction of sp³-hybridized carbons (Fsp3) is 0.733. The van der Waals surface area contributed by atoms with Gasteiger partial charge < -0.3 is 15.8 Å². The Morgan fingerprint density at radius 1 is 1.35 bits per heavy atom. The Kier molecular flexibility index (Phi) is 4.18. The number of anilines is 2. The molecule has 1 aromatic heterocycles. The lowest BCUT2D eigenvalue weighted by molar-refractivity contribution is -0.0553. The normalized spacial score (nSPS) is 22.0. The van der Waals surface area contributed by atoms with Gasteiger partial charge >= 0.3 is 0 Å². The largest absolute Gasteiger partial charge is 0.383 e. The van der Waals surface area contributed by atoms with Gasteiger partial charge in [-0.25, -0.2) is 9.97 Å². The summed E-state index contributed by atoms with van der Waals surface area (Å²) in [5.74, 6) is 2.49. The Morgan fingerprint density at radius 2 is 2.05 bits per heavy atom. The lowest BCUT2D eigenvalue weighted by atomic mass is 9.94. The summed E-state index contributed by atoms with van der Waals surface area (Å²) in [5, 5.41) is 3.53. The lowest BCUT2D eigenvalue weighted by Gasteiger charge is -2.36. The van der Waals surface area contributed by atoms with Gasteiger partial charge in [0.25, 0.3) is 0 Å². The second kappa shape index (κ2) is 5.56. The van der Waals surface area contributed by atoms with Gasteiger partial charge in [0.05, 0.1) is 5.60 Å². The van der Waals surface area contributed by atoms with Crippen molar-refractivity contribution in [1.82, 2.24) is 9.97 Å². The van der Waals surface area contributed by atoms with Gasteiger partial charge in [0, 0.05) is 24.1 Å². The molecule has 0 bridgehead atoms. The van der Waals surface area contributed by atoms with Crippen molar-refractivity contribution in [2.75, 3.05) is 17.7 Å². The minimum absolute atomic E-state index is 0.0801. The molecule has 1 aliphatic rings. The van der Waals surface area contributed by atoms with E-state index in [1.54, 1.807) is 0 Å². The third-order valence-electron chi connectivity index (χ3n) is 3.76. The zero-order valence-corrected chi connectivity index (χ0v) is 13.2. The number of ether oxygens (including phenoxy) is 1. The van der Waals surface area contributed by atoms with Crippen molar-refractivity contribution in [3.05, 3.63) is 11.4 Å². The van der Waals surface area contributed by atoms with Gasteiger partial charge in [0.2, 0.25) is 0 Å². The van der Waals surface area contributed by atoms with Crippen LogP contribution in [0.3, 0.4) is 0 Å². The second-order valence-electron chi connectivity index (χ2n) is 6.54. The fourth-order valence-corrected chi connectivity index (χ4v) is 2.50. The molecule has 0 aliphatic carbocycles. The minimum Gasteiger partial charge on any atom is -0.383 e. The first kappa shape index (κ1) is 15.0. The van der Waals surface area contributed by atoms with Gasteiger partial charge in [-0.1, -0.05) is 13.8 Å². The Balaban J connectivity index is 2.20. The van der Waals surface area contributed by atoms with Crippen LogP contribution in [0.4, 0.5) is 11.6 Å². The van der Waals surface area contributed by atoms with E-state index >= 15 is 0 Å². The van der Waals surface area contributed by atoms with Crippen LogP contribution in [0.25, 0.3) is 0 Å². The Morgan fingerprint density at radius 3 is 2.65 bits per heavy atom. The summed E-state index contributed by atoms with van der Waals surface area (Å²) in [5.41, 5.74) is 6.85. The maximum Gasteiger partial charge on any atom is 0.135 e. The molecule has 2 heterocycles. The number of aromatic nitrogens is 2. The SMILES string of the molecule is Cc1c(N)nc(C(C)C)nc1NC1CCOC(C)(C)C1. The van der Waals surface area contributed by atoms with Crippen LogP contribution in [0.5, 0.6) is 0 Å². The average molecular weight is 278 g/mol. The molecule has 3 N–H and O–H groups in total. The molecule has 0 spiro atoms. The molecule has 0 amide bonds. The van der Waals surface area contributed by atoms with Gasteiger partial charge in [-0.05, 0) is 33.6 Å². The van der Waals surface area contributed by atoms with Crippen molar-refractivity contribution in [2.24, 2.45) is 0 Å². The van der Waals surface area contributed by atoms with E-state index in [0.717, 1.165) is 36.7 Å². The molecule has 1 atom stereocenters. The second-order valence-corrected chi connectivity index (χ2v) is 6.54. The van der Waals surface area contributed by atoms with Crippen molar-refractivity contribution in [3.63, 3.8) is 0 Å². The summed E-state index contributed by atoms with van der Waals surface area (Å²) in [7, 11) is 0. The maximum absolute atomic E-state index is 6.00. The van der Waals surface area contributed by atoms with E-state index in [4.69, 9.17) is 10.5 Å². The van der Waals surface area contributed by atoms with Crippen LogP contribution in [0.1, 0.15) is 57.8 Å². The highest BCUT2D eigenvalue weighted by molar-refractivity contribution is 5.55. The van der Waals surface area contributed by atoms with Crippen LogP contribution in [-0.2, 0) is 4.74 Å². The predicted molar refractivity (Wildman–Crippen MR) is 81.9 cm³/mol. The maximum atomic E-state index is 6.00. The van der Waals surface area contributed by atoms with Crippen LogP contribution >= 0.6 is 0 Å². The summed E-state index contributed by atoms with van der Waals surface area (Å²) in [6.07, 6.45) is 1.96. The molecule has 1 unspecified atom stereocenters. The molecule has 112 valence electrons. The molecule has 5 heteroatoms. The third kappa shape index (κ3) is 3.39. The van der Waals surface area contributed by atoms with Gasteiger partial charge in [0.15, 0.2) is 0 Å². The molecule has 20 heavy (non-hydrogen) atoms. The Hall–Kier alpha value is -1.36. The highest BCUT2D eigenvalue weighted by Gasteiger charge is 2.29. The molecule has 1 aliphatic heterocycles. The number of rotatable bonds is 3. The van der Waals surface area contributed by atoms with E-state index in [1.807, 2.05) is 6.92 Å². The van der Waals surface area contributed by atoms with Gasteiger partial charge in [-0.2, -0.15) is 0 Å². The first-order valence-corrected chi connectivity index (χ1v) is 7.33. The highest BCUT2D eigenvalue weighted by atomic mass is 16.5. The van der Waals surface area contributed by atoms with Crippen LogP contribution < -0.4 is 11.1 Å². The van der Waals surface area contributed by atoms with Gasteiger partial charge in [0.1, 0.15) is 17.5 Å². The average Bonchev–Trinajstić information content (AvgIpc) is 2.33. The summed E-state index contributed by atoms with van der Waals surface area (Å²) < 4.78 is 5.75. The molecule has 1 aromatic rings. The third-order valence-corrected chi connectivity index (χ3v) is 3.76. The molecule has 0 radical (unpaired) electrons. The predicted octanol–water partition coefficient (Wildman–Crippen LogP) is 2.86. The lowest BCUT2D eigenvalue weighted by Crippen LogP contribution is -2.40. The van der Waals surface area contributed by atoms with Crippen LogP contribution in [0.15, 0.2) is 0 Å². The molecule has 2 rings (SSSR count). The molecule has 1 saturated heterocycles. The number of hydrogen-bond donors (Lipinski definition) is 2. The van der Waals surface area contributed by atoms with Crippen LogP contribution in [-0.4, -0.2) is 28.2 Å². The zero-order chi connectivity index (χ0) is 14.9. The Bertz CT molecular complexity index is 485. The van der Waals surface area contributed by atoms with E-state index in [2.05, 4.69) is 43.0 Å². The molecule has 0 aromatic carbocycles. The molecular formula is C15H26N4O. The first-order chi connectivity index (χ1) is 9.28. The van der Waals surface area contributed by atoms with Crippen molar-refractivity contribution < 1.29 is 4.74 Å². The van der Waals surface area contributed by atoms with E-state index in [0.29, 0.717) is 11.9 Å². The summed E-state index contributed by atoms with van der Waals surface area (Å²) >= 11 is 0. The monoisotopic (exact) mass is 278 g/mol. The van der Waals surface area contributed by atoms with E-state index in [1.165, 1.54) is 0 Å². The quantitative estimate of drug-likeness (QED) is 0.889. The topological polar surface area (TPSA) is 73.1 Å². The number of hydrogen-bond acceptors (Lipinski definition) is 5. The van der Waals surface area contributed by atoms with Gasteiger partial charge in [-0.15, -0.1) is 0 Å². The van der Waals surface area contributed by atoms with Crippen molar-refractivity contribution in [1.29, 1.82) is 0 Å². The minimum atomic E-state index is -0.0801. The van der Waals surface area contributed by atoms with E-state index in [-0.39, 0.29) is 11.5 Å². The van der Waals surface area contributed by atoms with Crippen LogP contribution in [0.2, 0.25) is 0 Å².